The van der Waals surface area contributed by atoms with Crippen LogP contribution in [0.25, 0.3) is 11.1 Å². The van der Waals surface area contributed by atoms with Gasteiger partial charge in [-0.3, -0.25) is 4.99 Å². The molecular formula is C34H26F3NO2. The summed E-state index contributed by atoms with van der Waals surface area (Å²) in [6.45, 7) is 0. The van der Waals surface area contributed by atoms with E-state index in [9.17, 15) is 23.4 Å². The van der Waals surface area contributed by atoms with E-state index in [0.717, 1.165) is 17.7 Å². The van der Waals surface area contributed by atoms with E-state index < -0.39 is 23.4 Å². The number of benzene rings is 5. The zero-order valence-electron chi connectivity index (χ0n) is 21.3. The first-order valence-corrected chi connectivity index (χ1v) is 12.7. The van der Waals surface area contributed by atoms with Gasteiger partial charge in [-0.2, -0.15) is 13.2 Å². The smallest absolute Gasteiger partial charge is 0.416 e. The third-order valence-electron chi connectivity index (χ3n) is 6.85. The molecule has 0 fully saturated rings. The summed E-state index contributed by atoms with van der Waals surface area (Å²) >= 11 is 0. The molecular weight excluding hydrogens is 511 g/mol. The van der Waals surface area contributed by atoms with Crippen molar-refractivity contribution in [1.82, 2.24) is 0 Å². The number of alkyl halides is 3. The Balaban J connectivity index is 1.63. The van der Waals surface area contributed by atoms with Crippen molar-refractivity contribution in [3.8, 4) is 16.9 Å². The molecule has 6 heteroatoms. The average Bonchev–Trinajstić information content (AvgIpc) is 2.99. The maximum atomic E-state index is 13.3. The van der Waals surface area contributed by atoms with Crippen molar-refractivity contribution in [3.63, 3.8) is 0 Å². The highest BCUT2D eigenvalue weighted by Gasteiger charge is 2.41. The summed E-state index contributed by atoms with van der Waals surface area (Å²) in [6, 6.07) is 36.6. The molecule has 0 radical (unpaired) electrons. The molecule has 0 aliphatic rings. The van der Waals surface area contributed by atoms with Crippen LogP contribution >= 0.6 is 0 Å². The number of halogens is 3. The van der Waals surface area contributed by atoms with Crippen LogP contribution in [-0.2, 0) is 11.8 Å². The number of phenols is 1. The molecule has 0 unspecified atom stereocenters. The number of hydrogen-bond acceptors (Lipinski definition) is 3. The molecule has 5 aromatic carbocycles. The minimum atomic E-state index is -4.47. The number of aliphatic imine (C=N–C) groups is 1. The average molecular weight is 538 g/mol. The minimum Gasteiger partial charge on any atom is -0.507 e. The molecule has 0 saturated carbocycles. The van der Waals surface area contributed by atoms with E-state index in [1.54, 1.807) is 18.2 Å². The number of nitrogens with zero attached hydrogens (tertiary/aromatic N) is 1. The summed E-state index contributed by atoms with van der Waals surface area (Å²) in [7, 11) is 0. The molecule has 200 valence electrons. The monoisotopic (exact) mass is 537 g/mol. The fourth-order valence-electron chi connectivity index (χ4n) is 4.80. The van der Waals surface area contributed by atoms with E-state index in [2.05, 4.69) is 0 Å². The van der Waals surface area contributed by atoms with E-state index in [1.807, 2.05) is 91.0 Å². The summed E-state index contributed by atoms with van der Waals surface area (Å²) in [6.07, 6.45) is -3.01. The van der Waals surface area contributed by atoms with Gasteiger partial charge in [-0.05, 0) is 52.1 Å². The van der Waals surface area contributed by atoms with E-state index in [4.69, 9.17) is 4.99 Å². The first-order valence-electron chi connectivity index (χ1n) is 12.7. The third-order valence-corrected chi connectivity index (χ3v) is 6.85. The quantitative estimate of drug-likeness (QED) is 0.206. The van der Waals surface area contributed by atoms with Crippen molar-refractivity contribution in [1.29, 1.82) is 0 Å². The van der Waals surface area contributed by atoms with E-state index in [-0.39, 0.29) is 5.75 Å². The van der Waals surface area contributed by atoms with E-state index in [1.165, 1.54) is 18.3 Å². The van der Waals surface area contributed by atoms with Crippen LogP contribution in [0.1, 0.15) is 33.9 Å². The zero-order valence-corrected chi connectivity index (χ0v) is 21.3. The molecule has 0 heterocycles. The topological polar surface area (TPSA) is 52.8 Å². The Morgan fingerprint density at radius 1 is 0.600 bits per heavy atom. The van der Waals surface area contributed by atoms with Gasteiger partial charge in [0.25, 0.3) is 0 Å². The van der Waals surface area contributed by atoms with Gasteiger partial charge in [0.2, 0.25) is 0 Å². The maximum Gasteiger partial charge on any atom is 0.416 e. The van der Waals surface area contributed by atoms with Gasteiger partial charge in [-0.25, -0.2) is 0 Å². The van der Waals surface area contributed by atoms with E-state index >= 15 is 0 Å². The molecule has 2 N–H and O–H groups in total. The third kappa shape index (κ3) is 5.53. The van der Waals surface area contributed by atoms with Crippen LogP contribution in [0, 0.1) is 0 Å². The van der Waals surface area contributed by atoms with Crippen molar-refractivity contribution in [2.24, 2.45) is 4.99 Å². The normalized spacial score (nSPS) is 12.9. The summed E-state index contributed by atoms with van der Waals surface area (Å²) in [4.78, 5) is 4.83. The van der Waals surface area contributed by atoms with Gasteiger partial charge in [0.15, 0.2) is 0 Å². The number of phenolic OH excluding ortho intramolecular Hbond substituents is 1. The van der Waals surface area contributed by atoms with Gasteiger partial charge in [0.05, 0.1) is 5.56 Å². The summed E-state index contributed by atoms with van der Waals surface area (Å²) in [5, 5.41) is 23.1. The summed E-state index contributed by atoms with van der Waals surface area (Å²) in [5.41, 5.74) is 0.824. The Kier molecular flexibility index (Phi) is 7.54. The Hall–Kier alpha value is -4.68. The minimum absolute atomic E-state index is 0.0887. The lowest BCUT2D eigenvalue weighted by Crippen LogP contribution is -2.34. The fraction of sp³-hybridized carbons (Fsp3) is 0.0882. The molecule has 0 aromatic heterocycles. The number of hydrogen-bond donors (Lipinski definition) is 2. The van der Waals surface area contributed by atoms with Gasteiger partial charge in [-0.15, -0.1) is 0 Å². The second kappa shape index (κ2) is 11.2. The molecule has 1 atom stereocenters. The van der Waals surface area contributed by atoms with Crippen LogP contribution < -0.4 is 0 Å². The fourth-order valence-corrected chi connectivity index (χ4v) is 4.80. The molecule has 3 nitrogen and oxygen atoms in total. The van der Waals surface area contributed by atoms with Crippen LogP contribution in [0.3, 0.4) is 0 Å². The predicted octanol–water partition coefficient (Wildman–Crippen LogP) is 8.17. The lowest BCUT2D eigenvalue weighted by Gasteiger charge is -2.35. The van der Waals surface area contributed by atoms with Crippen LogP contribution in [0.5, 0.6) is 5.75 Å². The number of aliphatic hydroxyl groups is 1. The summed E-state index contributed by atoms with van der Waals surface area (Å²) < 4.78 is 39.9. The Bertz CT molecular complexity index is 1560. The Morgan fingerprint density at radius 2 is 1.12 bits per heavy atom. The maximum absolute atomic E-state index is 13.3. The van der Waals surface area contributed by atoms with Crippen molar-refractivity contribution in [2.45, 2.75) is 17.8 Å². The second-order valence-corrected chi connectivity index (χ2v) is 9.44. The van der Waals surface area contributed by atoms with Gasteiger partial charge in [0, 0.05) is 11.8 Å². The number of aromatic hydroxyl groups is 1. The zero-order chi connectivity index (χ0) is 28.2. The van der Waals surface area contributed by atoms with Gasteiger partial charge >= 0.3 is 6.18 Å². The van der Waals surface area contributed by atoms with Crippen LogP contribution in [0.2, 0.25) is 0 Å². The lowest BCUT2D eigenvalue weighted by molar-refractivity contribution is -0.137. The molecule has 0 amide bonds. The molecule has 40 heavy (non-hydrogen) atoms. The molecule has 5 rings (SSSR count). The molecule has 0 saturated heterocycles. The van der Waals surface area contributed by atoms with Gasteiger partial charge in [0.1, 0.15) is 17.4 Å². The van der Waals surface area contributed by atoms with Gasteiger partial charge in [-0.1, -0.05) is 109 Å². The molecule has 0 aliphatic carbocycles. The highest BCUT2D eigenvalue weighted by Crippen LogP contribution is 2.43. The highest BCUT2D eigenvalue weighted by molar-refractivity contribution is 5.86. The first kappa shape index (κ1) is 26.9. The largest absolute Gasteiger partial charge is 0.507 e. The highest BCUT2D eigenvalue weighted by atomic mass is 19.4. The molecule has 0 spiro atoms. The SMILES string of the molecule is Oc1ccc(-c2cccc(C(F)(F)F)c2)cc1C=N[C@H](c1ccccc1)C(O)(c1ccccc1)c1ccccc1. The predicted molar refractivity (Wildman–Crippen MR) is 151 cm³/mol. The second-order valence-electron chi connectivity index (χ2n) is 9.44. The summed E-state index contributed by atoms with van der Waals surface area (Å²) in [5.74, 6) is -0.0887. The molecule has 0 aliphatic heterocycles. The Labute approximate surface area is 230 Å². The number of rotatable bonds is 7. The van der Waals surface area contributed by atoms with Crippen molar-refractivity contribution < 1.29 is 23.4 Å². The van der Waals surface area contributed by atoms with Crippen LogP contribution in [-0.4, -0.2) is 16.4 Å². The standard InChI is InChI=1S/C34H26F3NO2/c35-34(36,37)30-18-10-13-25(22-30)26-19-20-31(39)27(21-26)23-38-32(24-11-4-1-5-12-24)33(40,28-14-6-2-7-15-28)29-16-8-3-9-17-29/h1-23,32,39-40H/t32-/m1/s1. The van der Waals surface area contributed by atoms with Crippen molar-refractivity contribution in [3.05, 3.63) is 161 Å². The van der Waals surface area contributed by atoms with Gasteiger partial charge < -0.3 is 10.2 Å². The van der Waals surface area contributed by atoms with Crippen molar-refractivity contribution >= 4 is 6.21 Å². The Morgan fingerprint density at radius 3 is 1.70 bits per heavy atom. The molecule has 0 bridgehead atoms. The van der Waals surface area contributed by atoms with Crippen LogP contribution in [0.4, 0.5) is 13.2 Å². The van der Waals surface area contributed by atoms with Crippen molar-refractivity contribution in [2.75, 3.05) is 0 Å². The van der Waals surface area contributed by atoms with E-state index in [0.29, 0.717) is 27.8 Å². The first-order chi connectivity index (χ1) is 19.3. The van der Waals surface area contributed by atoms with Crippen LogP contribution in [0.15, 0.2) is 138 Å². The molecule has 5 aromatic rings. The lowest BCUT2D eigenvalue weighted by atomic mass is 9.77.